The Kier molecular flexibility index (Phi) is 7.89. The molecule has 140 valence electrons. The Balaban J connectivity index is 2.28. The molecule has 0 aliphatic carbocycles. The van der Waals surface area contributed by atoms with E-state index in [0.717, 1.165) is 10.9 Å². The van der Waals surface area contributed by atoms with Crippen molar-refractivity contribution >= 4 is 49.5 Å². The van der Waals surface area contributed by atoms with Gasteiger partial charge in [0, 0.05) is 10.2 Å². The zero-order valence-corrected chi connectivity index (χ0v) is 18.1. The number of methoxy groups -OCH3 is 1. The summed E-state index contributed by atoms with van der Waals surface area (Å²) in [5.41, 5.74) is 1.23. The van der Waals surface area contributed by atoms with Crippen LogP contribution >= 0.6 is 31.9 Å². The Labute approximate surface area is 175 Å². The smallest absolute Gasteiger partial charge is 0.266 e. The number of anilines is 1. The molecule has 1 N–H and O–H groups in total. The molecule has 0 aliphatic rings. The number of benzene rings is 2. The molecule has 0 unspecified atom stereocenters. The first kappa shape index (κ1) is 21.0. The molecular formula is C20H18Br2N2O3. The van der Waals surface area contributed by atoms with Crippen molar-refractivity contribution < 1.29 is 14.3 Å². The van der Waals surface area contributed by atoms with Crippen molar-refractivity contribution in [3.63, 3.8) is 0 Å². The summed E-state index contributed by atoms with van der Waals surface area (Å²) < 4.78 is 12.7. The topological polar surface area (TPSA) is 71.3 Å². The minimum atomic E-state index is -0.485. The van der Waals surface area contributed by atoms with E-state index < -0.39 is 5.91 Å². The molecule has 1 amide bonds. The predicted molar refractivity (Wildman–Crippen MR) is 113 cm³/mol. The van der Waals surface area contributed by atoms with Gasteiger partial charge in [-0.05, 0) is 70.4 Å². The van der Waals surface area contributed by atoms with Crippen LogP contribution < -0.4 is 14.8 Å². The van der Waals surface area contributed by atoms with Crippen LogP contribution in [0, 0.1) is 11.3 Å². The second-order valence-corrected chi connectivity index (χ2v) is 7.28. The van der Waals surface area contributed by atoms with Gasteiger partial charge in [-0.25, -0.2) is 0 Å². The SMILES string of the molecule is CCCOc1c(Br)cc(/C=C(\C#N)C(=O)Nc2ccc(Br)cc2)cc1OC. The van der Waals surface area contributed by atoms with Crippen molar-refractivity contribution in [1.82, 2.24) is 0 Å². The molecule has 2 aromatic rings. The van der Waals surface area contributed by atoms with Gasteiger partial charge < -0.3 is 14.8 Å². The lowest BCUT2D eigenvalue weighted by molar-refractivity contribution is -0.112. The highest BCUT2D eigenvalue weighted by Crippen LogP contribution is 2.37. The molecule has 27 heavy (non-hydrogen) atoms. The Hall–Kier alpha value is -2.30. The molecule has 0 aromatic heterocycles. The summed E-state index contributed by atoms with van der Waals surface area (Å²) in [7, 11) is 1.54. The minimum absolute atomic E-state index is 0.0194. The van der Waals surface area contributed by atoms with Crippen molar-refractivity contribution in [1.29, 1.82) is 5.26 Å². The quantitative estimate of drug-likeness (QED) is 0.405. The summed E-state index contributed by atoms with van der Waals surface area (Å²) in [6.07, 6.45) is 2.37. The number of amides is 1. The third kappa shape index (κ3) is 5.84. The van der Waals surface area contributed by atoms with Crippen molar-refractivity contribution in [2.75, 3.05) is 19.0 Å². The monoisotopic (exact) mass is 492 g/mol. The number of rotatable bonds is 7. The summed E-state index contributed by atoms with van der Waals surface area (Å²) >= 11 is 6.79. The highest BCUT2D eigenvalue weighted by atomic mass is 79.9. The fraction of sp³-hybridized carbons (Fsp3) is 0.200. The average molecular weight is 494 g/mol. The Bertz CT molecular complexity index is 887. The molecule has 0 atom stereocenters. The zero-order chi connectivity index (χ0) is 19.8. The van der Waals surface area contributed by atoms with Crippen LogP contribution in [0.2, 0.25) is 0 Å². The van der Waals surface area contributed by atoms with E-state index >= 15 is 0 Å². The maximum Gasteiger partial charge on any atom is 0.266 e. The molecule has 0 fully saturated rings. The number of hydrogen-bond acceptors (Lipinski definition) is 4. The summed E-state index contributed by atoms with van der Waals surface area (Å²) in [6, 6.07) is 12.5. The second kappa shape index (κ2) is 10.1. The summed E-state index contributed by atoms with van der Waals surface area (Å²) in [6.45, 7) is 2.57. The standard InChI is InChI=1S/C20H18Br2N2O3/c1-3-8-27-19-17(22)10-13(11-18(19)26-2)9-14(12-23)20(25)24-16-6-4-15(21)5-7-16/h4-7,9-11H,3,8H2,1-2H3,(H,24,25)/b14-9+. The summed E-state index contributed by atoms with van der Waals surface area (Å²) in [5.74, 6) is 0.630. The van der Waals surface area contributed by atoms with Crippen LogP contribution in [0.25, 0.3) is 6.08 Å². The summed E-state index contributed by atoms with van der Waals surface area (Å²) in [5, 5.41) is 12.1. The fourth-order valence-corrected chi connectivity index (χ4v) is 3.05. The fourth-order valence-electron chi connectivity index (χ4n) is 2.21. The molecule has 0 saturated heterocycles. The van der Waals surface area contributed by atoms with Gasteiger partial charge >= 0.3 is 0 Å². The van der Waals surface area contributed by atoms with Crippen LogP contribution in [0.5, 0.6) is 11.5 Å². The van der Waals surface area contributed by atoms with Gasteiger partial charge in [0.2, 0.25) is 0 Å². The first-order valence-corrected chi connectivity index (χ1v) is 9.76. The van der Waals surface area contributed by atoms with E-state index in [1.54, 1.807) is 31.4 Å². The number of carbonyl (C=O) groups is 1. The van der Waals surface area contributed by atoms with E-state index in [1.807, 2.05) is 25.1 Å². The van der Waals surface area contributed by atoms with E-state index in [0.29, 0.717) is 33.8 Å². The molecule has 2 rings (SSSR count). The van der Waals surface area contributed by atoms with Crippen LogP contribution in [0.1, 0.15) is 18.9 Å². The third-order valence-electron chi connectivity index (χ3n) is 3.48. The second-order valence-electron chi connectivity index (χ2n) is 5.51. The van der Waals surface area contributed by atoms with Crippen LogP contribution in [0.15, 0.2) is 50.9 Å². The Morgan fingerprint density at radius 1 is 1.26 bits per heavy atom. The molecule has 0 saturated carbocycles. The lowest BCUT2D eigenvalue weighted by atomic mass is 10.1. The normalized spacial score (nSPS) is 10.9. The van der Waals surface area contributed by atoms with E-state index in [4.69, 9.17) is 9.47 Å². The lowest BCUT2D eigenvalue weighted by Crippen LogP contribution is -2.13. The van der Waals surface area contributed by atoms with Crippen LogP contribution in [0.3, 0.4) is 0 Å². The molecule has 2 aromatic carbocycles. The highest BCUT2D eigenvalue weighted by Gasteiger charge is 2.14. The molecule has 0 aliphatic heterocycles. The maximum absolute atomic E-state index is 12.4. The number of hydrogen-bond donors (Lipinski definition) is 1. The van der Waals surface area contributed by atoms with E-state index in [1.165, 1.54) is 6.08 Å². The van der Waals surface area contributed by atoms with E-state index in [-0.39, 0.29) is 5.57 Å². The number of carbonyl (C=O) groups excluding carboxylic acids is 1. The molecule has 7 heteroatoms. The maximum atomic E-state index is 12.4. The van der Waals surface area contributed by atoms with Gasteiger partial charge in [-0.15, -0.1) is 0 Å². The number of halogens is 2. The largest absolute Gasteiger partial charge is 0.493 e. The van der Waals surface area contributed by atoms with Crippen LogP contribution in [0.4, 0.5) is 5.69 Å². The van der Waals surface area contributed by atoms with Gasteiger partial charge in [0.05, 0.1) is 18.2 Å². The van der Waals surface area contributed by atoms with Crippen molar-refractivity contribution in [3.05, 3.63) is 56.5 Å². The molecule has 0 radical (unpaired) electrons. The van der Waals surface area contributed by atoms with Gasteiger partial charge in [-0.1, -0.05) is 22.9 Å². The van der Waals surface area contributed by atoms with E-state index in [9.17, 15) is 10.1 Å². The molecule has 0 spiro atoms. The number of ether oxygens (including phenoxy) is 2. The first-order chi connectivity index (χ1) is 13.0. The molecular weight excluding hydrogens is 476 g/mol. The van der Waals surface area contributed by atoms with Crippen molar-refractivity contribution in [2.24, 2.45) is 0 Å². The first-order valence-electron chi connectivity index (χ1n) is 8.17. The van der Waals surface area contributed by atoms with Gasteiger partial charge in [-0.3, -0.25) is 4.79 Å². The van der Waals surface area contributed by atoms with Gasteiger partial charge in [0.25, 0.3) is 5.91 Å². The Morgan fingerprint density at radius 3 is 2.56 bits per heavy atom. The van der Waals surface area contributed by atoms with Crippen LogP contribution in [-0.2, 0) is 4.79 Å². The Morgan fingerprint density at radius 2 is 1.96 bits per heavy atom. The predicted octanol–water partition coefficient (Wildman–Crippen LogP) is 5.55. The van der Waals surface area contributed by atoms with Crippen molar-refractivity contribution in [2.45, 2.75) is 13.3 Å². The molecule has 5 nitrogen and oxygen atoms in total. The van der Waals surface area contributed by atoms with Crippen LogP contribution in [-0.4, -0.2) is 19.6 Å². The van der Waals surface area contributed by atoms with Gasteiger partial charge in [0.1, 0.15) is 11.6 Å². The number of nitrogens with one attached hydrogen (secondary N) is 1. The number of nitrogens with zero attached hydrogens (tertiary/aromatic N) is 1. The molecule has 0 heterocycles. The van der Waals surface area contributed by atoms with E-state index in [2.05, 4.69) is 37.2 Å². The van der Waals surface area contributed by atoms with Crippen molar-refractivity contribution in [3.8, 4) is 17.6 Å². The zero-order valence-electron chi connectivity index (χ0n) is 14.9. The minimum Gasteiger partial charge on any atom is -0.493 e. The lowest BCUT2D eigenvalue weighted by Gasteiger charge is -2.13. The molecule has 0 bridgehead atoms. The summed E-state index contributed by atoms with van der Waals surface area (Å²) in [4.78, 5) is 12.4. The number of nitriles is 1. The third-order valence-corrected chi connectivity index (χ3v) is 4.60. The average Bonchev–Trinajstić information content (AvgIpc) is 2.66. The van der Waals surface area contributed by atoms with Gasteiger partial charge in [0.15, 0.2) is 11.5 Å². The highest BCUT2D eigenvalue weighted by molar-refractivity contribution is 9.10. The van der Waals surface area contributed by atoms with Gasteiger partial charge in [-0.2, -0.15) is 5.26 Å².